The highest BCUT2D eigenvalue weighted by atomic mass is 79.9. The molecule has 1 N–H and O–H groups in total. The Balaban J connectivity index is 1.68. The third kappa shape index (κ3) is 3.93. The summed E-state index contributed by atoms with van der Waals surface area (Å²) in [5, 5.41) is 2.87. The van der Waals surface area contributed by atoms with E-state index in [0.29, 0.717) is 17.4 Å². The maximum Gasteiger partial charge on any atom is 0.258 e. The standard InChI is InChI=1S/C18H21BrN4O/c1-12-4-3-7-23(11-12)18-20-9-14(10-21-18)17(24)22-15-6-5-13(2)16(19)8-15/h5-6,8-10,12H,3-4,7,11H2,1-2H3,(H,22,24). The number of nitrogens with zero attached hydrogens (tertiary/aromatic N) is 3. The fourth-order valence-electron chi connectivity index (χ4n) is 2.85. The zero-order valence-electron chi connectivity index (χ0n) is 13.9. The van der Waals surface area contributed by atoms with Gasteiger partial charge in [-0.15, -0.1) is 0 Å². The predicted molar refractivity (Wildman–Crippen MR) is 99.5 cm³/mol. The van der Waals surface area contributed by atoms with Crippen LogP contribution in [0.15, 0.2) is 35.1 Å². The first-order valence-corrected chi connectivity index (χ1v) is 8.97. The number of piperidine rings is 1. The number of nitrogens with one attached hydrogen (secondary N) is 1. The Morgan fingerprint density at radius 2 is 2.08 bits per heavy atom. The molecule has 0 spiro atoms. The fourth-order valence-corrected chi connectivity index (χ4v) is 3.23. The van der Waals surface area contributed by atoms with E-state index in [4.69, 9.17) is 0 Å². The minimum Gasteiger partial charge on any atom is -0.341 e. The van der Waals surface area contributed by atoms with Gasteiger partial charge in [0.15, 0.2) is 0 Å². The van der Waals surface area contributed by atoms with Crippen molar-refractivity contribution in [1.29, 1.82) is 0 Å². The number of carbonyl (C=O) groups excluding carboxylic acids is 1. The number of aromatic nitrogens is 2. The van der Waals surface area contributed by atoms with Crippen LogP contribution >= 0.6 is 15.9 Å². The van der Waals surface area contributed by atoms with Gasteiger partial charge >= 0.3 is 0 Å². The van der Waals surface area contributed by atoms with Crippen LogP contribution in [0.4, 0.5) is 11.6 Å². The van der Waals surface area contributed by atoms with Crippen LogP contribution in [0.5, 0.6) is 0 Å². The smallest absolute Gasteiger partial charge is 0.258 e. The third-order valence-electron chi connectivity index (χ3n) is 4.27. The Labute approximate surface area is 150 Å². The quantitative estimate of drug-likeness (QED) is 0.861. The third-order valence-corrected chi connectivity index (χ3v) is 5.12. The van der Waals surface area contributed by atoms with Crippen molar-refractivity contribution < 1.29 is 4.79 Å². The summed E-state index contributed by atoms with van der Waals surface area (Å²) in [5.74, 6) is 1.16. The molecule has 0 radical (unpaired) electrons. The van der Waals surface area contributed by atoms with Crippen molar-refractivity contribution >= 4 is 33.5 Å². The Kier molecular flexibility index (Phi) is 5.14. The average Bonchev–Trinajstić information content (AvgIpc) is 2.58. The summed E-state index contributed by atoms with van der Waals surface area (Å²) < 4.78 is 0.964. The van der Waals surface area contributed by atoms with Gasteiger partial charge in [0.05, 0.1) is 5.56 Å². The molecule has 1 aromatic heterocycles. The molecule has 5 nitrogen and oxygen atoms in total. The minimum atomic E-state index is -0.204. The molecule has 1 aromatic carbocycles. The molecule has 1 unspecified atom stereocenters. The van der Waals surface area contributed by atoms with Crippen molar-refractivity contribution in [2.75, 3.05) is 23.3 Å². The molecule has 1 atom stereocenters. The number of aryl methyl sites for hydroxylation is 1. The molecule has 2 aromatic rings. The second-order valence-corrected chi connectivity index (χ2v) is 7.24. The molecule has 0 bridgehead atoms. The first kappa shape index (κ1) is 16.9. The van der Waals surface area contributed by atoms with Crippen LogP contribution in [0.1, 0.15) is 35.7 Å². The summed E-state index contributed by atoms with van der Waals surface area (Å²) in [4.78, 5) is 23.3. The van der Waals surface area contributed by atoms with Crippen LogP contribution in [-0.4, -0.2) is 29.0 Å². The number of benzene rings is 1. The molecule has 6 heteroatoms. The highest BCUT2D eigenvalue weighted by molar-refractivity contribution is 9.10. The monoisotopic (exact) mass is 388 g/mol. The second kappa shape index (κ2) is 7.30. The lowest BCUT2D eigenvalue weighted by molar-refractivity contribution is 0.102. The average molecular weight is 389 g/mol. The summed E-state index contributed by atoms with van der Waals surface area (Å²) in [6, 6.07) is 5.72. The van der Waals surface area contributed by atoms with Crippen LogP contribution < -0.4 is 10.2 Å². The Bertz CT molecular complexity index is 732. The summed E-state index contributed by atoms with van der Waals surface area (Å²) in [7, 11) is 0. The zero-order chi connectivity index (χ0) is 17.1. The Hall–Kier alpha value is -1.95. The van der Waals surface area contributed by atoms with Crippen LogP contribution in [0.25, 0.3) is 0 Å². The lowest BCUT2D eigenvalue weighted by Gasteiger charge is -2.30. The predicted octanol–water partition coefficient (Wildman–Crippen LogP) is 4.04. The highest BCUT2D eigenvalue weighted by Gasteiger charge is 2.19. The molecule has 0 aliphatic carbocycles. The van der Waals surface area contributed by atoms with E-state index >= 15 is 0 Å². The first-order valence-electron chi connectivity index (χ1n) is 8.17. The van der Waals surface area contributed by atoms with Gasteiger partial charge in [-0.2, -0.15) is 0 Å². The summed E-state index contributed by atoms with van der Waals surface area (Å²) in [6.45, 7) is 6.20. The molecule has 1 aliphatic heterocycles. The van der Waals surface area contributed by atoms with Crippen LogP contribution in [0.3, 0.4) is 0 Å². The summed E-state index contributed by atoms with van der Waals surface area (Å²) >= 11 is 3.47. The molecule has 0 saturated carbocycles. The van der Waals surface area contributed by atoms with Gasteiger partial charge in [0.25, 0.3) is 5.91 Å². The highest BCUT2D eigenvalue weighted by Crippen LogP contribution is 2.22. The van der Waals surface area contributed by atoms with E-state index in [1.54, 1.807) is 12.4 Å². The lowest BCUT2D eigenvalue weighted by atomic mass is 10.0. The van der Waals surface area contributed by atoms with Crippen molar-refractivity contribution in [3.05, 3.63) is 46.2 Å². The minimum absolute atomic E-state index is 0.204. The van der Waals surface area contributed by atoms with Gasteiger partial charge in [-0.1, -0.05) is 28.9 Å². The molecule has 24 heavy (non-hydrogen) atoms. The SMILES string of the molecule is Cc1ccc(NC(=O)c2cnc(N3CCCC(C)C3)nc2)cc1Br. The van der Waals surface area contributed by atoms with Crippen molar-refractivity contribution in [1.82, 2.24) is 9.97 Å². The Morgan fingerprint density at radius 3 is 2.75 bits per heavy atom. The topological polar surface area (TPSA) is 58.1 Å². The molecule has 1 saturated heterocycles. The van der Waals surface area contributed by atoms with Crippen LogP contribution in [0, 0.1) is 12.8 Å². The van der Waals surface area contributed by atoms with E-state index in [1.165, 1.54) is 6.42 Å². The number of hydrogen-bond acceptors (Lipinski definition) is 4. The molecule has 126 valence electrons. The first-order chi connectivity index (χ1) is 11.5. The summed E-state index contributed by atoms with van der Waals surface area (Å²) in [5.41, 5.74) is 2.32. The number of halogens is 1. The van der Waals surface area contributed by atoms with E-state index in [9.17, 15) is 4.79 Å². The molecule has 1 aliphatic rings. The summed E-state index contributed by atoms with van der Waals surface area (Å²) in [6.07, 6.45) is 5.61. The lowest BCUT2D eigenvalue weighted by Crippen LogP contribution is -2.35. The zero-order valence-corrected chi connectivity index (χ0v) is 15.5. The van der Waals surface area contributed by atoms with Crippen LogP contribution in [0.2, 0.25) is 0 Å². The van der Waals surface area contributed by atoms with Gasteiger partial charge in [-0.3, -0.25) is 4.79 Å². The van der Waals surface area contributed by atoms with Crippen molar-refractivity contribution in [3.8, 4) is 0 Å². The number of rotatable bonds is 3. The van der Waals surface area contributed by atoms with E-state index < -0.39 is 0 Å². The number of anilines is 2. The second-order valence-electron chi connectivity index (χ2n) is 6.38. The largest absolute Gasteiger partial charge is 0.341 e. The molecule has 1 fully saturated rings. The van der Waals surface area contributed by atoms with E-state index in [2.05, 4.69) is 43.0 Å². The number of amides is 1. The van der Waals surface area contributed by atoms with Crippen molar-refractivity contribution in [2.45, 2.75) is 26.7 Å². The maximum absolute atomic E-state index is 12.3. The molecular formula is C18H21BrN4O. The fraction of sp³-hybridized carbons (Fsp3) is 0.389. The van der Waals surface area contributed by atoms with Gasteiger partial charge in [0.2, 0.25) is 5.95 Å². The number of hydrogen-bond donors (Lipinski definition) is 1. The van der Waals surface area contributed by atoms with Crippen LogP contribution in [-0.2, 0) is 0 Å². The van der Waals surface area contributed by atoms with Crippen molar-refractivity contribution in [2.24, 2.45) is 5.92 Å². The van der Waals surface area contributed by atoms with E-state index in [1.807, 2.05) is 25.1 Å². The van der Waals surface area contributed by atoms with Gasteiger partial charge < -0.3 is 10.2 Å². The normalized spacial score (nSPS) is 17.6. The molecular weight excluding hydrogens is 368 g/mol. The van der Waals surface area contributed by atoms with Gasteiger partial charge in [0, 0.05) is 35.6 Å². The molecule has 2 heterocycles. The van der Waals surface area contributed by atoms with Gasteiger partial charge in [-0.05, 0) is 43.4 Å². The van der Waals surface area contributed by atoms with Crippen molar-refractivity contribution in [3.63, 3.8) is 0 Å². The Morgan fingerprint density at radius 1 is 1.33 bits per heavy atom. The molecule has 1 amide bonds. The van der Waals surface area contributed by atoms with Gasteiger partial charge in [0.1, 0.15) is 0 Å². The van der Waals surface area contributed by atoms with E-state index in [-0.39, 0.29) is 5.91 Å². The maximum atomic E-state index is 12.3. The number of carbonyl (C=O) groups is 1. The van der Waals surface area contributed by atoms with Gasteiger partial charge in [-0.25, -0.2) is 9.97 Å². The van der Waals surface area contributed by atoms with E-state index in [0.717, 1.165) is 35.2 Å². The molecule has 3 rings (SSSR count).